The van der Waals surface area contributed by atoms with Crippen LogP contribution in [0.25, 0.3) is 5.57 Å². The van der Waals surface area contributed by atoms with Crippen molar-refractivity contribution < 1.29 is 4.79 Å². The Balaban J connectivity index is 1.39. The predicted octanol–water partition coefficient (Wildman–Crippen LogP) is 6.34. The van der Waals surface area contributed by atoms with Gasteiger partial charge in [0.15, 0.2) is 5.13 Å². The highest BCUT2D eigenvalue weighted by Crippen LogP contribution is 2.28. The zero-order valence-corrected chi connectivity index (χ0v) is 22.6. The summed E-state index contributed by atoms with van der Waals surface area (Å²) in [6, 6.07) is 13.8. The van der Waals surface area contributed by atoms with Crippen molar-refractivity contribution in [2.75, 3.05) is 43.9 Å². The molecule has 2 aromatic carbocycles. The number of piperazine rings is 1. The van der Waals surface area contributed by atoms with Gasteiger partial charge in [-0.15, -0.1) is 11.3 Å². The molecule has 0 spiro atoms. The summed E-state index contributed by atoms with van der Waals surface area (Å²) in [5, 5.41) is 9.22. The molecule has 0 unspecified atom stereocenters. The first kappa shape index (κ1) is 26.5. The molecule has 6 nitrogen and oxygen atoms in total. The van der Waals surface area contributed by atoms with Crippen LogP contribution in [0.15, 0.2) is 78.7 Å². The van der Waals surface area contributed by atoms with E-state index in [-0.39, 0.29) is 5.91 Å². The molecule has 192 valence electrons. The lowest BCUT2D eigenvalue weighted by Gasteiger charge is -2.32. The van der Waals surface area contributed by atoms with Crippen LogP contribution in [-0.2, 0) is 6.54 Å². The maximum atomic E-state index is 12.9. The predicted molar refractivity (Wildman–Crippen MR) is 157 cm³/mol. The number of nitrogens with one attached hydrogen (secondary N) is 2. The fourth-order valence-electron chi connectivity index (χ4n) is 4.10. The van der Waals surface area contributed by atoms with Crippen LogP contribution in [0, 0.1) is 6.92 Å². The molecule has 1 aromatic heterocycles. The van der Waals surface area contributed by atoms with Crippen molar-refractivity contribution in [2.45, 2.75) is 20.4 Å². The Labute approximate surface area is 224 Å². The van der Waals surface area contributed by atoms with Crippen LogP contribution in [-0.4, -0.2) is 53.9 Å². The average molecular weight is 514 g/mol. The Morgan fingerprint density at radius 3 is 2.59 bits per heavy atom. The summed E-state index contributed by atoms with van der Waals surface area (Å²) in [5.41, 5.74) is 6.41. The second-order valence-corrected chi connectivity index (χ2v) is 10.1. The van der Waals surface area contributed by atoms with Gasteiger partial charge in [-0.25, -0.2) is 4.98 Å². The minimum atomic E-state index is -0.123. The molecule has 1 amide bonds. The molecule has 1 aliphatic rings. The number of thiazole rings is 1. The molecule has 2 N–H and O–H groups in total. The Kier molecular flexibility index (Phi) is 9.06. The lowest BCUT2D eigenvalue weighted by atomic mass is 10.1. The third-order valence-corrected chi connectivity index (χ3v) is 7.20. The highest BCUT2D eigenvalue weighted by Gasteiger charge is 2.14. The van der Waals surface area contributed by atoms with Crippen LogP contribution < -0.4 is 10.6 Å². The first-order valence-electron chi connectivity index (χ1n) is 12.6. The third kappa shape index (κ3) is 7.26. The van der Waals surface area contributed by atoms with Crippen LogP contribution in [0.3, 0.4) is 0 Å². The summed E-state index contributed by atoms with van der Waals surface area (Å²) in [7, 11) is 2.16. The number of rotatable bonds is 9. The topological polar surface area (TPSA) is 60.5 Å². The first-order chi connectivity index (χ1) is 17.9. The Hall–Kier alpha value is -3.52. The molecule has 0 aliphatic carbocycles. The molecule has 4 rings (SSSR count). The highest BCUT2D eigenvalue weighted by molar-refractivity contribution is 7.13. The van der Waals surface area contributed by atoms with Crippen molar-refractivity contribution in [3.63, 3.8) is 0 Å². The molecule has 3 aromatic rings. The van der Waals surface area contributed by atoms with E-state index in [1.54, 1.807) is 6.08 Å². The monoisotopic (exact) mass is 513 g/mol. The van der Waals surface area contributed by atoms with Crippen LogP contribution in [0.4, 0.5) is 16.5 Å². The summed E-state index contributed by atoms with van der Waals surface area (Å²) in [4.78, 5) is 22.4. The number of hydrogen-bond donors (Lipinski definition) is 2. The van der Waals surface area contributed by atoms with E-state index in [4.69, 9.17) is 4.98 Å². The fourth-order valence-corrected chi connectivity index (χ4v) is 4.83. The molecule has 0 atom stereocenters. The molecule has 1 saturated heterocycles. The number of aromatic nitrogens is 1. The van der Waals surface area contributed by atoms with E-state index in [2.05, 4.69) is 46.2 Å². The molecular weight excluding hydrogens is 478 g/mol. The molecular formula is C30H35N5OS. The summed E-state index contributed by atoms with van der Waals surface area (Å²) >= 11 is 1.53. The number of carbonyl (C=O) groups is 1. The smallest absolute Gasteiger partial charge is 0.255 e. The lowest BCUT2D eigenvalue weighted by molar-refractivity contribution is 0.102. The maximum Gasteiger partial charge on any atom is 0.255 e. The van der Waals surface area contributed by atoms with E-state index in [9.17, 15) is 4.79 Å². The van der Waals surface area contributed by atoms with Gasteiger partial charge in [-0.2, -0.15) is 0 Å². The Morgan fingerprint density at radius 1 is 1.14 bits per heavy atom. The zero-order chi connectivity index (χ0) is 26.2. The van der Waals surface area contributed by atoms with Gasteiger partial charge in [0.1, 0.15) is 0 Å². The van der Waals surface area contributed by atoms with Gasteiger partial charge in [-0.05, 0) is 56.3 Å². The van der Waals surface area contributed by atoms with Gasteiger partial charge in [-0.1, -0.05) is 49.1 Å². The van der Waals surface area contributed by atoms with Crippen molar-refractivity contribution in [1.29, 1.82) is 0 Å². The standard InChI is InChI=1S/C30H35N5OS/c1-5-7-8-24(6-2)28-21-37-30(33-28)32-27-19-26(14-9-22(27)3)31-29(36)25-12-10-23(11-13-25)20-35-17-15-34(4)16-18-35/h5-14,19,21H,2,15-18,20H2,1,3-4H3,(H,31,36)(H,32,33)/b7-5-,24-8+. The lowest BCUT2D eigenvalue weighted by Crippen LogP contribution is -2.43. The largest absolute Gasteiger partial charge is 0.331 e. The summed E-state index contributed by atoms with van der Waals surface area (Å²) < 4.78 is 0. The maximum absolute atomic E-state index is 12.9. The number of carbonyl (C=O) groups excluding carboxylic acids is 1. The number of likely N-dealkylation sites (N-methyl/N-ethyl adjacent to an activating group) is 1. The van der Waals surface area contributed by atoms with E-state index in [1.165, 1.54) is 16.9 Å². The molecule has 0 radical (unpaired) electrons. The minimum absolute atomic E-state index is 0.123. The van der Waals surface area contributed by atoms with Crippen molar-refractivity contribution in [1.82, 2.24) is 14.8 Å². The second kappa shape index (κ2) is 12.6. The number of anilines is 3. The summed E-state index contributed by atoms with van der Waals surface area (Å²) in [6.45, 7) is 13.2. The summed E-state index contributed by atoms with van der Waals surface area (Å²) in [5.74, 6) is -0.123. The fraction of sp³-hybridized carbons (Fsp3) is 0.267. The van der Waals surface area contributed by atoms with Gasteiger partial charge in [0.05, 0.1) is 5.69 Å². The van der Waals surface area contributed by atoms with Gasteiger partial charge in [0.25, 0.3) is 5.91 Å². The number of benzene rings is 2. The molecule has 2 heterocycles. The normalized spacial score (nSPS) is 15.2. The number of allylic oxidation sites excluding steroid dienone is 5. The number of nitrogens with zero attached hydrogens (tertiary/aromatic N) is 3. The van der Waals surface area contributed by atoms with Gasteiger partial charge in [0, 0.05) is 60.6 Å². The SMILES string of the molecule is C=C/C(=C\C=C/C)c1csc(Nc2cc(NC(=O)c3ccc(CN4CCN(C)CC4)cc3)ccc2C)n1. The van der Waals surface area contributed by atoms with Gasteiger partial charge in [0.2, 0.25) is 0 Å². The molecule has 1 aliphatic heterocycles. The Morgan fingerprint density at radius 2 is 1.89 bits per heavy atom. The van der Waals surface area contributed by atoms with Crippen molar-refractivity contribution in [3.05, 3.63) is 101 Å². The van der Waals surface area contributed by atoms with E-state index in [0.29, 0.717) is 5.56 Å². The third-order valence-electron chi connectivity index (χ3n) is 6.44. The van der Waals surface area contributed by atoms with Crippen LogP contribution in [0.1, 0.15) is 34.1 Å². The highest BCUT2D eigenvalue weighted by atomic mass is 32.1. The van der Waals surface area contributed by atoms with E-state index in [1.807, 2.05) is 67.8 Å². The first-order valence-corrected chi connectivity index (χ1v) is 13.4. The minimum Gasteiger partial charge on any atom is -0.331 e. The Bertz CT molecular complexity index is 1280. The van der Waals surface area contributed by atoms with Crippen LogP contribution in [0.2, 0.25) is 0 Å². The average Bonchev–Trinajstić information content (AvgIpc) is 3.36. The van der Waals surface area contributed by atoms with Crippen LogP contribution >= 0.6 is 11.3 Å². The molecule has 0 saturated carbocycles. The van der Waals surface area contributed by atoms with E-state index < -0.39 is 0 Å². The molecule has 7 heteroatoms. The van der Waals surface area contributed by atoms with Gasteiger partial charge >= 0.3 is 0 Å². The van der Waals surface area contributed by atoms with Crippen molar-refractivity contribution in [2.24, 2.45) is 0 Å². The summed E-state index contributed by atoms with van der Waals surface area (Å²) in [6.07, 6.45) is 7.74. The van der Waals surface area contributed by atoms with E-state index >= 15 is 0 Å². The second-order valence-electron chi connectivity index (χ2n) is 9.27. The van der Waals surface area contributed by atoms with Crippen LogP contribution in [0.5, 0.6) is 0 Å². The molecule has 1 fully saturated rings. The van der Waals surface area contributed by atoms with E-state index in [0.717, 1.165) is 66.1 Å². The zero-order valence-electron chi connectivity index (χ0n) is 21.8. The van der Waals surface area contributed by atoms with Gasteiger partial charge in [-0.3, -0.25) is 9.69 Å². The molecule has 37 heavy (non-hydrogen) atoms. The quantitative estimate of drug-likeness (QED) is 0.327. The van der Waals surface area contributed by atoms with Gasteiger partial charge < -0.3 is 15.5 Å². The number of hydrogen-bond acceptors (Lipinski definition) is 6. The molecule has 0 bridgehead atoms. The van der Waals surface area contributed by atoms with Crippen molar-refractivity contribution >= 4 is 39.3 Å². The number of amides is 1. The van der Waals surface area contributed by atoms with Crippen molar-refractivity contribution in [3.8, 4) is 0 Å². The number of aryl methyl sites for hydroxylation is 1.